The predicted molar refractivity (Wildman–Crippen MR) is 56.1 cm³/mol. The highest BCUT2D eigenvalue weighted by molar-refractivity contribution is 9.10. The van der Waals surface area contributed by atoms with Gasteiger partial charge in [-0.1, -0.05) is 15.9 Å². The summed E-state index contributed by atoms with van der Waals surface area (Å²) < 4.78 is 14.5. The van der Waals surface area contributed by atoms with E-state index < -0.39 is 10.7 Å². The number of benzene rings is 1. The van der Waals surface area contributed by atoms with Crippen LogP contribution in [0.5, 0.6) is 0 Å². The van der Waals surface area contributed by atoms with Gasteiger partial charge in [-0.15, -0.1) is 11.3 Å². The minimum atomic E-state index is -0.574. The van der Waals surface area contributed by atoms with Crippen molar-refractivity contribution in [1.29, 1.82) is 0 Å². The Kier molecular flexibility index (Phi) is 2.24. The van der Waals surface area contributed by atoms with Gasteiger partial charge < -0.3 is 0 Å². The van der Waals surface area contributed by atoms with Crippen molar-refractivity contribution in [3.05, 3.63) is 37.9 Å². The Bertz CT molecular complexity index is 525. The smallest absolute Gasteiger partial charge is 0.258 e. The molecule has 0 N–H and O–H groups in total. The van der Waals surface area contributed by atoms with Gasteiger partial charge >= 0.3 is 0 Å². The Morgan fingerprint density at radius 3 is 2.86 bits per heavy atom. The molecule has 1 aromatic carbocycles. The first-order valence-corrected chi connectivity index (χ1v) is 5.27. The summed E-state index contributed by atoms with van der Waals surface area (Å²) in [6, 6.07) is 2.89. The van der Waals surface area contributed by atoms with Crippen molar-refractivity contribution in [2.75, 3.05) is 0 Å². The van der Waals surface area contributed by atoms with Crippen molar-refractivity contribution in [2.45, 2.75) is 0 Å². The molecule has 0 aliphatic rings. The molecule has 0 atom stereocenters. The van der Waals surface area contributed by atoms with Gasteiger partial charge in [0.2, 0.25) is 0 Å². The Hall–Kier alpha value is -1.01. The summed E-state index contributed by atoms with van der Waals surface area (Å²) in [7, 11) is 0. The van der Waals surface area contributed by atoms with Crippen molar-refractivity contribution in [3.63, 3.8) is 0 Å². The van der Waals surface area contributed by atoms with E-state index >= 15 is 0 Å². The van der Waals surface area contributed by atoms with Crippen molar-refractivity contribution in [2.24, 2.45) is 0 Å². The fourth-order valence-electron chi connectivity index (χ4n) is 1.20. The summed E-state index contributed by atoms with van der Waals surface area (Å²) in [5.41, 5.74) is -0.171. The van der Waals surface area contributed by atoms with Gasteiger partial charge in [-0.05, 0) is 12.1 Å². The standard InChI is InChI=1S/C8H3BrFNO2S/c9-4-1-5(10)8-6(11(12)13)3-14-7(8)2-4/h1-3H. The Morgan fingerprint density at radius 2 is 2.21 bits per heavy atom. The lowest BCUT2D eigenvalue weighted by atomic mass is 10.2. The molecule has 0 fully saturated rings. The second-order valence-corrected chi connectivity index (χ2v) is 4.47. The van der Waals surface area contributed by atoms with Crippen molar-refractivity contribution in [3.8, 4) is 0 Å². The number of nitro groups is 1. The van der Waals surface area contributed by atoms with Crippen molar-refractivity contribution < 1.29 is 9.31 Å². The van der Waals surface area contributed by atoms with Crippen LogP contribution in [0.4, 0.5) is 10.1 Å². The summed E-state index contributed by atoms with van der Waals surface area (Å²) in [5, 5.41) is 12.0. The van der Waals surface area contributed by atoms with Crippen LogP contribution in [0.25, 0.3) is 10.1 Å². The number of halogens is 2. The molecule has 2 aromatic rings. The molecule has 14 heavy (non-hydrogen) atoms. The number of hydrogen-bond acceptors (Lipinski definition) is 3. The maximum absolute atomic E-state index is 13.4. The highest BCUT2D eigenvalue weighted by atomic mass is 79.9. The first-order valence-electron chi connectivity index (χ1n) is 3.60. The number of fused-ring (bicyclic) bond motifs is 1. The van der Waals surface area contributed by atoms with Crippen LogP contribution in [0.2, 0.25) is 0 Å². The van der Waals surface area contributed by atoms with Gasteiger partial charge in [0.15, 0.2) is 0 Å². The molecule has 0 saturated carbocycles. The monoisotopic (exact) mass is 275 g/mol. The van der Waals surface area contributed by atoms with E-state index in [9.17, 15) is 14.5 Å². The molecular formula is C8H3BrFNO2S. The molecule has 3 nitrogen and oxygen atoms in total. The van der Waals surface area contributed by atoms with Crippen molar-refractivity contribution >= 4 is 43.0 Å². The van der Waals surface area contributed by atoms with E-state index in [4.69, 9.17) is 0 Å². The number of rotatable bonds is 1. The largest absolute Gasteiger partial charge is 0.290 e. The van der Waals surface area contributed by atoms with E-state index in [1.54, 1.807) is 6.07 Å². The molecule has 2 rings (SSSR count). The minimum Gasteiger partial charge on any atom is -0.258 e. The predicted octanol–water partition coefficient (Wildman–Crippen LogP) is 3.71. The number of nitrogens with zero attached hydrogens (tertiary/aromatic N) is 1. The van der Waals surface area contributed by atoms with Gasteiger partial charge in [0.25, 0.3) is 5.69 Å². The van der Waals surface area contributed by atoms with Gasteiger partial charge in [-0.25, -0.2) is 4.39 Å². The normalized spacial score (nSPS) is 10.7. The van der Waals surface area contributed by atoms with Gasteiger partial charge in [0.05, 0.1) is 10.3 Å². The molecule has 0 aliphatic heterocycles. The molecule has 0 aliphatic carbocycles. The molecule has 0 amide bonds. The molecular weight excluding hydrogens is 273 g/mol. The van der Waals surface area contributed by atoms with Gasteiger partial charge in [0.1, 0.15) is 11.2 Å². The highest BCUT2D eigenvalue weighted by Gasteiger charge is 2.18. The quantitative estimate of drug-likeness (QED) is 0.588. The van der Waals surface area contributed by atoms with Crippen LogP contribution >= 0.6 is 27.3 Å². The van der Waals surface area contributed by atoms with E-state index in [2.05, 4.69) is 15.9 Å². The first kappa shape index (κ1) is 9.54. The van der Waals surface area contributed by atoms with Crippen LogP contribution in [-0.4, -0.2) is 4.92 Å². The molecule has 1 aromatic heterocycles. The molecule has 72 valence electrons. The second kappa shape index (κ2) is 3.29. The van der Waals surface area contributed by atoms with E-state index in [0.29, 0.717) is 9.17 Å². The lowest BCUT2D eigenvalue weighted by Crippen LogP contribution is -1.87. The Labute approximate surface area is 90.4 Å². The molecule has 0 bridgehead atoms. The zero-order chi connectivity index (χ0) is 10.3. The second-order valence-electron chi connectivity index (χ2n) is 2.64. The average Bonchev–Trinajstić information content (AvgIpc) is 2.47. The van der Waals surface area contributed by atoms with E-state index in [1.807, 2.05) is 0 Å². The Balaban J connectivity index is 2.85. The fourth-order valence-corrected chi connectivity index (χ4v) is 2.74. The zero-order valence-corrected chi connectivity index (χ0v) is 9.06. The maximum Gasteiger partial charge on any atom is 0.290 e. The fraction of sp³-hybridized carbons (Fsp3) is 0. The van der Waals surface area contributed by atoms with Gasteiger partial charge in [0, 0.05) is 9.17 Å². The summed E-state index contributed by atoms with van der Waals surface area (Å²) >= 11 is 4.29. The van der Waals surface area contributed by atoms with Crippen LogP contribution in [-0.2, 0) is 0 Å². The SMILES string of the molecule is O=[N+]([O-])c1csc2cc(Br)cc(F)c12. The number of hydrogen-bond donors (Lipinski definition) is 0. The molecule has 6 heteroatoms. The molecule has 0 radical (unpaired) electrons. The van der Waals surface area contributed by atoms with Crippen LogP contribution < -0.4 is 0 Å². The van der Waals surface area contributed by atoms with E-state index in [-0.39, 0.29) is 11.1 Å². The Morgan fingerprint density at radius 1 is 1.50 bits per heavy atom. The molecule has 0 spiro atoms. The summed E-state index contributed by atoms with van der Waals surface area (Å²) in [6.07, 6.45) is 0. The highest BCUT2D eigenvalue weighted by Crippen LogP contribution is 2.35. The third kappa shape index (κ3) is 1.40. The molecule has 0 saturated heterocycles. The van der Waals surface area contributed by atoms with Crippen LogP contribution in [0.1, 0.15) is 0 Å². The lowest BCUT2D eigenvalue weighted by Gasteiger charge is -1.94. The van der Waals surface area contributed by atoms with Crippen LogP contribution in [0, 0.1) is 15.9 Å². The zero-order valence-electron chi connectivity index (χ0n) is 6.66. The third-order valence-electron chi connectivity index (χ3n) is 1.77. The summed E-state index contributed by atoms with van der Waals surface area (Å²) in [4.78, 5) is 9.97. The first-order chi connectivity index (χ1) is 6.59. The van der Waals surface area contributed by atoms with Gasteiger partial charge in [-0.2, -0.15) is 0 Å². The maximum atomic E-state index is 13.4. The summed E-state index contributed by atoms with van der Waals surface area (Å²) in [5.74, 6) is -0.567. The molecule has 0 unspecified atom stereocenters. The van der Waals surface area contributed by atoms with E-state index in [0.717, 1.165) is 11.3 Å². The topological polar surface area (TPSA) is 43.1 Å². The van der Waals surface area contributed by atoms with Crippen molar-refractivity contribution in [1.82, 2.24) is 0 Å². The van der Waals surface area contributed by atoms with E-state index in [1.165, 1.54) is 11.4 Å². The average molecular weight is 276 g/mol. The van der Waals surface area contributed by atoms with Crippen LogP contribution in [0.15, 0.2) is 22.0 Å². The van der Waals surface area contributed by atoms with Crippen LogP contribution in [0.3, 0.4) is 0 Å². The van der Waals surface area contributed by atoms with Gasteiger partial charge in [-0.3, -0.25) is 10.1 Å². The third-order valence-corrected chi connectivity index (χ3v) is 3.14. The lowest BCUT2D eigenvalue weighted by molar-refractivity contribution is -0.382. The molecule has 1 heterocycles. The minimum absolute atomic E-state index is 0.0863. The summed E-state index contributed by atoms with van der Waals surface area (Å²) in [6.45, 7) is 0. The number of thiophene rings is 1.